The van der Waals surface area contributed by atoms with Gasteiger partial charge in [0.05, 0.1) is 17.4 Å². The summed E-state index contributed by atoms with van der Waals surface area (Å²) in [5.41, 5.74) is 3.51. The number of rotatable bonds is 4. The zero-order valence-electron chi connectivity index (χ0n) is 19.6. The van der Waals surface area contributed by atoms with Crippen LogP contribution in [0.15, 0.2) is 36.7 Å². The van der Waals surface area contributed by atoms with Gasteiger partial charge < -0.3 is 9.64 Å². The van der Waals surface area contributed by atoms with Gasteiger partial charge in [-0.25, -0.2) is 24.5 Å². The Morgan fingerprint density at radius 2 is 1.72 bits per heavy atom. The Labute approximate surface area is 188 Å². The molecule has 10 nitrogen and oxygen atoms in total. The molecule has 3 N–H and O–H groups in total. The molecule has 0 aliphatic carbocycles. The second-order valence-electron chi connectivity index (χ2n) is 8.13. The zero-order chi connectivity index (χ0) is 24.1. The molecule has 0 spiro atoms. The molecule has 0 radical (unpaired) electrons. The van der Waals surface area contributed by atoms with E-state index in [1.807, 2.05) is 40.1 Å². The highest BCUT2D eigenvalue weighted by atomic mass is 16.6. The van der Waals surface area contributed by atoms with Crippen LogP contribution in [0, 0.1) is 0 Å². The summed E-state index contributed by atoms with van der Waals surface area (Å²) in [5, 5.41) is 11.5. The van der Waals surface area contributed by atoms with Gasteiger partial charge in [0.25, 0.3) is 0 Å². The summed E-state index contributed by atoms with van der Waals surface area (Å²) >= 11 is 0. The van der Waals surface area contributed by atoms with Crippen LogP contribution in [0.2, 0.25) is 0 Å². The fourth-order valence-corrected chi connectivity index (χ4v) is 3.01. The predicted molar refractivity (Wildman–Crippen MR) is 123 cm³/mol. The van der Waals surface area contributed by atoms with Crippen molar-refractivity contribution in [3.05, 3.63) is 42.4 Å². The van der Waals surface area contributed by atoms with Gasteiger partial charge in [0.15, 0.2) is 0 Å². The quantitative estimate of drug-likeness (QED) is 0.596. The van der Waals surface area contributed by atoms with Crippen molar-refractivity contribution in [3.8, 4) is 0 Å². The van der Waals surface area contributed by atoms with Crippen molar-refractivity contribution in [2.24, 2.45) is 0 Å². The molecule has 10 heteroatoms. The van der Waals surface area contributed by atoms with E-state index >= 15 is 0 Å². The van der Waals surface area contributed by atoms with Crippen LogP contribution in [-0.2, 0) is 10.2 Å². The van der Waals surface area contributed by atoms with Gasteiger partial charge in [-0.1, -0.05) is 34.6 Å². The zero-order valence-corrected chi connectivity index (χ0v) is 19.6. The first-order valence-corrected chi connectivity index (χ1v) is 10.5. The Balaban J connectivity index is 0.00000176. The van der Waals surface area contributed by atoms with Gasteiger partial charge >= 0.3 is 12.1 Å². The van der Waals surface area contributed by atoms with Gasteiger partial charge in [-0.3, -0.25) is 16.0 Å². The molecule has 1 fully saturated rings. The number of benzene rings is 1. The Bertz CT molecular complexity index is 929. The van der Waals surface area contributed by atoms with Crippen LogP contribution in [0.1, 0.15) is 47.2 Å². The Kier molecular flexibility index (Phi) is 7.98. The van der Waals surface area contributed by atoms with Gasteiger partial charge in [-0.15, -0.1) is 0 Å². The van der Waals surface area contributed by atoms with Gasteiger partial charge in [-0.05, 0) is 31.2 Å². The lowest BCUT2D eigenvalue weighted by Crippen LogP contribution is -2.41. The van der Waals surface area contributed by atoms with Crippen molar-refractivity contribution in [2.75, 3.05) is 22.7 Å². The molecular weight excluding hydrogens is 412 g/mol. The molecular formula is C22H32N6O4. The number of amides is 3. The molecule has 174 valence electrons. The maximum absolute atomic E-state index is 12.8. The summed E-state index contributed by atoms with van der Waals surface area (Å²) in [6.07, 6.45) is -0.182. The molecule has 1 saturated heterocycles. The summed E-state index contributed by atoms with van der Waals surface area (Å²) in [5.74, 6) is 0.368. The number of carbonyl (C=O) groups is 2. The third-order valence-corrected chi connectivity index (χ3v) is 4.94. The summed E-state index contributed by atoms with van der Waals surface area (Å²) < 4.78 is 5.61. The molecule has 0 bridgehead atoms. The predicted octanol–water partition coefficient (Wildman–Crippen LogP) is 4.44. The van der Waals surface area contributed by atoms with Crippen molar-refractivity contribution in [2.45, 2.75) is 59.2 Å². The van der Waals surface area contributed by atoms with E-state index in [0.29, 0.717) is 17.2 Å². The minimum atomic E-state index is -0.872. The van der Waals surface area contributed by atoms with E-state index in [4.69, 9.17) is 9.94 Å². The van der Waals surface area contributed by atoms with Crippen molar-refractivity contribution in [1.82, 2.24) is 14.9 Å². The van der Waals surface area contributed by atoms with Crippen molar-refractivity contribution in [3.63, 3.8) is 0 Å². The lowest BCUT2D eigenvalue weighted by Gasteiger charge is -2.25. The molecule has 1 aromatic heterocycles. The fourth-order valence-electron chi connectivity index (χ4n) is 3.01. The van der Waals surface area contributed by atoms with Crippen molar-refractivity contribution in [1.29, 1.82) is 0 Å². The third kappa shape index (κ3) is 5.44. The van der Waals surface area contributed by atoms with E-state index in [2.05, 4.69) is 15.3 Å². The number of carbonyl (C=O) groups excluding carboxylic acids is 2. The number of ether oxygens (including phenoxy) is 1. The molecule has 0 saturated carbocycles. The number of likely N-dealkylation sites (N-methyl/N-ethyl adjacent to an activating group) is 1. The van der Waals surface area contributed by atoms with Gasteiger partial charge in [0.2, 0.25) is 6.23 Å². The number of hydrogen-bond acceptors (Lipinski definition) is 7. The van der Waals surface area contributed by atoms with Crippen LogP contribution in [-0.4, -0.2) is 51.5 Å². The molecule has 2 heterocycles. The number of nitrogens with one attached hydrogen (secondary N) is 2. The second-order valence-corrected chi connectivity index (χ2v) is 8.13. The lowest BCUT2D eigenvalue weighted by atomic mass is 9.92. The van der Waals surface area contributed by atoms with Gasteiger partial charge in [0, 0.05) is 24.2 Å². The Morgan fingerprint density at radius 3 is 2.28 bits per heavy atom. The van der Waals surface area contributed by atoms with Crippen LogP contribution < -0.4 is 15.7 Å². The van der Waals surface area contributed by atoms with E-state index in [1.54, 1.807) is 44.3 Å². The molecule has 3 amide bonds. The number of nitrogens with zero attached hydrogens (tertiary/aromatic N) is 4. The summed E-state index contributed by atoms with van der Waals surface area (Å²) in [6, 6.07) is 7.41. The van der Waals surface area contributed by atoms with E-state index < -0.39 is 18.4 Å². The minimum absolute atomic E-state index is 0.235. The van der Waals surface area contributed by atoms with Crippen molar-refractivity contribution < 1.29 is 19.5 Å². The minimum Gasteiger partial charge on any atom is -0.422 e. The lowest BCUT2D eigenvalue weighted by molar-refractivity contribution is 0.0928. The summed E-state index contributed by atoms with van der Waals surface area (Å²) in [4.78, 5) is 36.7. The van der Waals surface area contributed by atoms with Crippen LogP contribution in [0.4, 0.5) is 26.8 Å². The number of aromatic nitrogens is 2. The van der Waals surface area contributed by atoms with Gasteiger partial charge in [-0.2, -0.15) is 0 Å². The van der Waals surface area contributed by atoms with Crippen LogP contribution in [0.25, 0.3) is 0 Å². The first-order chi connectivity index (χ1) is 15.1. The second kappa shape index (κ2) is 10.3. The molecule has 1 aliphatic rings. The molecule has 3 rings (SSSR count). The average molecular weight is 445 g/mol. The number of hydrogen-bond donors (Lipinski definition) is 3. The normalized spacial score (nSPS) is 18.1. The molecule has 2 atom stereocenters. The molecule has 2 unspecified atom stereocenters. The van der Waals surface area contributed by atoms with E-state index in [1.165, 1.54) is 16.1 Å². The highest BCUT2D eigenvalue weighted by Crippen LogP contribution is 2.30. The van der Waals surface area contributed by atoms with Gasteiger partial charge in [0.1, 0.15) is 12.1 Å². The maximum atomic E-state index is 12.8. The Morgan fingerprint density at radius 1 is 1.12 bits per heavy atom. The third-order valence-electron chi connectivity index (χ3n) is 4.94. The first-order valence-electron chi connectivity index (χ1n) is 10.5. The van der Waals surface area contributed by atoms with Crippen LogP contribution >= 0.6 is 0 Å². The highest BCUT2D eigenvalue weighted by molar-refractivity contribution is 5.95. The monoisotopic (exact) mass is 444 g/mol. The Hall–Kier alpha value is -3.40. The summed E-state index contributed by atoms with van der Waals surface area (Å²) in [7, 11) is 1.65. The molecule has 1 aliphatic heterocycles. The van der Waals surface area contributed by atoms with Crippen molar-refractivity contribution >= 4 is 29.3 Å². The number of urea groups is 1. The molecule has 1 aromatic carbocycles. The number of anilines is 3. The van der Waals surface area contributed by atoms with E-state index in [-0.39, 0.29) is 11.4 Å². The fraction of sp³-hybridized carbons (Fsp3) is 0.455. The first kappa shape index (κ1) is 24.9. The van der Waals surface area contributed by atoms with E-state index in [0.717, 1.165) is 5.69 Å². The summed E-state index contributed by atoms with van der Waals surface area (Å²) in [6.45, 7) is 11.8. The topological polar surface area (TPSA) is 120 Å². The van der Waals surface area contributed by atoms with E-state index in [9.17, 15) is 9.59 Å². The maximum Gasteiger partial charge on any atom is 0.413 e. The van der Waals surface area contributed by atoms with Crippen LogP contribution in [0.3, 0.4) is 0 Å². The van der Waals surface area contributed by atoms with Crippen LogP contribution in [0.5, 0.6) is 0 Å². The average Bonchev–Trinajstić information content (AvgIpc) is 2.98. The molecule has 2 aromatic rings. The standard InChI is InChI=1S/C20H26N6O4.C2H6/c1-12-17(30-18(27)23-13-6-8-14(24-29)9-7-13)26(19(28)25(12)5)16-10-15(20(2,3)4)21-11-22-16;1-2/h6-12,17,24,29H,1-5H3,(H,23,27);1-2H3. The molecule has 32 heavy (non-hydrogen) atoms. The largest absolute Gasteiger partial charge is 0.422 e. The highest BCUT2D eigenvalue weighted by Gasteiger charge is 2.45. The smallest absolute Gasteiger partial charge is 0.413 e. The SMILES string of the molecule is CC.CC1C(OC(=O)Nc2ccc(NO)cc2)N(c2cc(C(C)(C)C)ncn2)C(=O)N1C.